The van der Waals surface area contributed by atoms with Gasteiger partial charge in [0.15, 0.2) is 0 Å². The van der Waals surface area contributed by atoms with Gasteiger partial charge in [-0.25, -0.2) is 10.2 Å². The van der Waals surface area contributed by atoms with Gasteiger partial charge in [0.1, 0.15) is 11.5 Å². The first-order chi connectivity index (χ1) is 14.5. The number of anilines is 1. The van der Waals surface area contributed by atoms with Crippen LogP contribution in [0.4, 0.5) is 5.69 Å². The number of hydrogen-bond donors (Lipinski definition) is 3. The second-order valence-electron chi connectivity index (χ2n) is 6.33. The van der Waals surface area contributed by atoms with Gasteiger partial charge >= 0.3 is 5.97 Å². The number of furan rings is 1. The number of methoxy groups -OCH3 is 1. The SMILES string of the molecule is COc1ccccc1NCC(=O)N/N=C(/C)c1ccc(-c2ccc(C(=O)O)o2)cc1. The molecule has 1 aromatic heterocycles. The van der Waals surface area contributed by atoms with E-state index in [-0.39, 0.29) is 18.2 Å². The van der Waals surface area contributed by atoms with Gasteiger partial charge < -0.3 is 19.6 Å². The lowest BCUT2D eigenvalue weighted by molar-refractivity contribution is -0.119. The number of carboxylic acids is 1. The van der Waals surface area contributed by atoms with Gasteiger partial charge in [-0.3, -0.25) is 4.79 Å². The first kappa shape index (κ1) is 20.7. The Morgan fingerprint density at radius 3 is 2.47 bits per heavy atom. The summed E-state index contributed by atoms with van der Waals surface area (Å²) in [7, 11) is 1.57. The number of para-hydroxylation sites is 2. The Morgan fingerprint density at radius 1 is 1.07 bits per heavy atom. The predicted molar refractivity (Wildman–Crippen MR) is 113 cm³/mol. The van der Waals surface area contributed by atoms with Crippen molar-refractivity contribution in [2.24, 2.45) is 5.10 Å². The summed E-state index contributed by atoms with van der Waals surface area (Å²) >= 11 is 0. The molecule has 0 fully saturated rings. The first-order valence-corrected chi connectivity index (χ1v) is 9.12. The molecule has 8 nitrogen and oxygen atoms in total. The first-order valence-electron chi connectivity index (χ1n) is 9.12. The molecule has 0 spiro atoms. The zero-order chi connectivity index (χ0) is 21.5. The van der Waals surface area contributed by atoms with Crippen molar-refractivity contribution in [2.75, 3.05) is 19.0 Å². The van der Waals surface area contributed by atoms with Gasteiger partial charge in [-0.15, -0.1) is 0 Å². The molecule has 0 bridgehead atoms. The number of carboxylic acid groups (broad SMARTS) is 1. The summed E-state index contributed by atoms with van der Waals surface area (Å²) < 4.78 is 10.5. The van der Waals surface area contributed by atoms with Crippen LogP contribution in [0.25, 0.3) is 11.3 Å². The van der Waals surface area contributed by atoms with Crippen molar-refractivity contribution < 1.29 is 23.8 Å². The summed E-state index contributed by atoms with van der Waals surface area (Å²) in [4.78, 5) is 23.0. The molecule has 0 radical (unpaired) electrons. The highest BCUT2D eigenvalue weighted by Crippen LogP contribution is 2.23. The summed E-state index contributed by atoms with van der Waals surface area (Å²) in [5.74, 6) is -0.414. The monoisotopic (exact) mass is 407 g/mol. The lowest BCUT2D eigenvalue weighted by Gasteiger charge is -2.10. The molecule has 0 aliphatic heterocycles. The standard InChI is InChI=1S/C22H21N3O5/c1-14(24-25-21(26)13-23-17-5-3-4-6-19(17)29-2)15-7-9-16(10-8-15)18-11-12-20(30-18)22(27)28/h3-12,23H,13H2,1-2H3,(H,25,26)(H,27,28)/b24-14-. The minimum Gasteiger partial charge on any atom is -0.495 e. The van der Waals surface area contributed by atoms with E-state index in [9.17, 15) is 9.59 Å². The van der Waals surface area contributed by atoms with E-state index in [2.05, 4.69) is 15.8 Å². The molecule has 8 heteroatoms. The fourth-order valence-electron chi connectivity index (χ4n) is 2.70. The maximum Gasteiger partial charge on any atom is 0.371 e. The van der Waals surface area contributed by atoms with Crippen LogP contribution in [0.3, 0.4) is 0 Å². The molecule has 0 aliphatic carbocycles. The highest BCUT2D eigenvalue weighted by Gasteiger charge is 2.10. The van der Waals surface area contributed by atoms with Crippen LogP contribution in [0, 0.1) is 0 Å². The van der Waals surface area contributed by atoms with Crippen molar-refractivity contribution >= 4 is 23.3 Å². The molecule has 3 N–H and O–H groups in total. The number of nitrogens with zero attached hydrogens (tertiary/aromatic N) is 1. The Morgan fingerprint density at radius 2 is 1.80 bits per heavy atom. The zero-order valence-corrected chi connectivity index (χ0v) is 16.5. The summed E-state index contributed by atoms with van der Waals surface area (Å²) in [6, 6.07) is 17.6. The number of hydrogen-bond acceptors (Lipinski definition) is 6. The Hall–Kier alpha value is -4.07. The Kier molecular flexibility index (Phi) is 6.49. The summed E-state index contributed by atoms with van der Waals surface area (Å²) in [6.07, 6.45) is 0. The van der Waals surface area contributed by atoms with Crippen molar-refractivity contribution in [3.05, 3.63) is 72.0 Å². The highest BCUT2D eigenvalue weighted by molar-refractivity contribution is 5.99. The van der Waals surface area contributed by atoms with E-state index in [0.29, 0.717) is 17.2 Å². The molecular formula is C22H21N3O5. The van der Waals surface area contributed by atoms with Gasteiger partial charge in [-0.2, -0.15) is 5.10 Å². The van der Waals surface area contributed by atoms with E-state index >= 15 is 0 Å². The smallest absolute Gasteiger partial charge is 0.371 e. The number of carbonyl (C=O) groups excluding carboxylic acids is 1. The summed E-state index contributed by atoms with van der Waals surface area (Å²) in [5.41, 5.74) is 5.40. The van der Waals surface area contributed by atoms with E-state index in [0.717, 1.165) is 16.8 Å². The molecule has 1 heterocycles. The Balaban J connectivity index is 1.58. The van der Waals surface area contributed by atoms with Crippen molar-refractivity contribution in [3.8, 4) is 17.1 Å². The molecule has 30 heavy (non-hydrogen) atoms. The predicted octanol–water partition coefficient (Wildman–Crippen LogP) is 3.61. The molecule has 154 valence electrons. The summed E-state index contributed by atoms with van der Waals surface area (Å²) in [5, 5.41) is 16.1. The van der Waals surface area contributed by atoms with Gasteiger partial charge in [-0.1, -0.05) is 36.4 Å². The number of hydrazone groups is 1. The maximum atomic E-state index is 12.1. The van der Waals surface area contributed by atoms with Gasteiger partial charge in [0.2, 0.25) is 5.76 Å². The molecule has 0 aliphatic rings. The quantitative estimate of drug-likeness (QED) is 0.388. The number of ether oxygens (including phenoxy) is 1. The molecule has 0 atom stereocenters. The minimum atomic E-state index is -1.11. The third-order valence-electron chi connectivity index (χ3n) is 4.30. The fourth-order valence-corrected chi connectivity index (χ4v) is 2.70. The van der Waals surface area contributed by atoms with Crippen molar-refractivity contribution in [2.45, 2.75) is 6.92 Å². The average Bonchev–Trinajstić information content (AvgIpc) is 3.27. The van der Waals surface area contributed by atoms with Crippen molar-refractivity contribution in [1.82, 2.24) is 5.43 Å². The molecule has 3 aromatic rings. The number of carbonyl (C=O) groups is 2. The second kappa shape index (κ2) is 9.42. The van der Waals surface area contributed by atoms with Crippen molar-refractivity contribution in [3.63, 3.8) is 0 Å². The van der Waals surface area contributed by atoms with Crippen LogP contribution in [-0.2, 0) is 4.79 Å². The van der Waals surface area contributed by atoms with Gasteiger partial charge in [0, 0.05) is 5.56 Å². The zero-order valence-electron chi connectivity index (χ0n) is 16.5. The number of aromatic carboxylic acids is 1. The lowest BCUT2D eigenvalue weighted by atomic mass is 10.1. The van der Waals surface area contributed by atoms with Crippen LogP contribution >= 0.6 is 0 Å². The third-order valence-corrected chi connectivity index (χ3v) is 4.30. The van der Waals surface area contributed by atoms with Crippen LogP contribution in [0.1, 0.15) is 23.0 Å². The summed E-state index contributed by atoms with van der Waals surface area (Å²) in [6.45, 7) is 1.82. The Labute approximate surface area is 173 Å². The number of nitrogens with one attached hydrogen (secondary N) is 2. The molecule has 1 amide bonds. The van der Waals surface area contributed by atoms with E-state index in [1.54, 1.807) is 38.3 Å². The highest BCUT2D eigenvalue weighted by atomic mass is 16.5. The fraction of sp³-hybridized carbons (Fsp3) is 0.136. The van der Waals surface area contributed by atoms with Crippen molar-refractivity contribution in [1.29, 1.82) is 0 Å². The number of rotatable bonds is 8. The maximum absolute atomic E-state index is 12.1. The van der Waals surface area contributed by atoms with Crippen LogP contribution < -0.4 is 15.5 Å². The largest absolute Gasteiger partial charge is 0.495 e. The van der Waals surface area contributed by atoms with Crippen LogP contribution in [-0.4, -0.2) is 36.3 Å². The van der Waals surface area contributed by atoms with Gasteiger partial charge in [-0.05, 0) is 36.8 Å². The van der Waals surface area contributed by atoms with Crippen LogP contribution in [0.5, 0.6) is 5.75 Å². The molecule has 2 aromatic carbocycles. The van der Waals surface area contributed by atoms with E-state index in [4.69, 9.17) is 14.3 Å². The van der Waals surface area contributed by atoms with E-state index in [1.165, 1.54) is 6.07 Å². The molecular weight excluding hydrogens is 386 g/mol. The molecule has 3 rings (SSSR count). The van der Waals surface area contributed by atoms with E-state index in [1.807, 2.05) is 30.3 Å². The third kappa shape index (κ3) is 5.05. The average molecular weight is 407 g/mol. The molecule has 0 unspecified atom stereocenters. The lowest BCUT2D eigenvalue weighted by Crippen LogP contribution is -2.26. The topological polar surface area (TPSA) is 113 Å². The van der Waals surface area contributed by atoms with Gasteiger partial charge in [0.05, 0.1) is 25.1 Å². The number of benzene rings is 2. The second-order valence-corrected chi connectivity index (χ2v) is 6.33. The van der Waals surface area contributed by atoms with Gasteiger partial charge in [0.25, 0.3) is 5.91 Å². The van der Waals surface area contributed by atoms with Crippen LogP contribution in [0.2, 0.25) is 0 Å². The molecule has 0 saturated heterocycles. The minimum absolute atomic E-state index is 0.0422. The Bertz CT molecular complexity index is 1070. The number of amides is 1. The normalized spacial score (nSPS) is 11.1. The molecule has 0 saturated carbocycles. The van der Waals surface area contributed by atoms with Crippen LogP contribution in [0.15, 0.2) is 70.2 Å². The van der Waals surface area contributed by atoms with E-state index < -0.39 is 5.97 Å².